The summed E-state index contributed by atoms with van der Waals surface area (Å²) >= 11 is 1.44. The fourth-order valence-electron chi connectivity index (χ4n) is 2.32. The SMILES string of the molecule is CCc1nn2c(=O)cc(COc3ccc(C(C)(C)C)cc3)nc2s1. The fourth-order valence-corrected chi connectivity index (χ4v) is 3.18. The molecule has 6 heteroatoms. The van der Waals surface area contributed by atoms with Gasteiger partial charge in [0, 0.05) is 6.07 Å². The van der Waals surface area contributed by atoms with E-state index in [1.54, 1.807) is 0 Å². The Labute approximate surface area is 144 Å². The number of aromatic nitrogens is 3. The van der Waals surface area contributed by atoms with Crippen molar-refractivity contribution in [2.24, 2.45) is 0 Å². The summed E-state index contributed by atoms with van der Waals surface area (Å²) < 4.78 is 7.12. The highest BCUT2D eigenvalue weighted by atomic mass is 32.1. The molecule has 2 aromatic heterocycles. The van der Waals surface area contributed by atoms with Gasteiger partial charge in [0.25, 0.3) is 5.56 Å². The molecule has 1 aromatic carbocycles. The molecule has 24 heavy (non-hydrogen) atoms. The first-order valence-corrected chi connectivity index (χ1v) is 8.80. The molecule has 0 spiro atoms. The zero-order valence-electron chi connectivity index (χ0n) is 14.4. The molecule has 0 N–H and O–H groups in total. The zero-order chi connectivity index (χ0) is 17.3. The molecule has 0 fully saturated rings. The van der Waals surface area contributed by atoms with Crippen molar-refractivity contribution in [2.75, 3.05) is 0 Å². The summed E-state index contributed by atoms with van der Waals surface area (Å²) in [6.45, 7) is 8.80. The maximum Gasteiger partial charge on any atom is 0.275 e. The monoisotopic (exact) mass is 343 g/mol. The normalized spacial score (nSPS) is 11.8. The van der Waals surface area contributed by atoms with Crippen molar-refractivity contribution in [3.63, 3.8) is 0 Å². The molecule has 0 radical (unpaired) electrons. The fraction of sp³-hybridized carbons (Fsp3) is 0.389. The van der Waals surface area contributed by atoms with E-state index in [4.69, 9.17) is 4.74 Å². The summed E-state index contributed by atoms with van der Waals surface area (Å²) in [5.74, 6) is 0.767. The van der Waals surface area contributed by atoms with E-state index in [1.165, 1.54) is 27.5 Å². The van der Waals surface area contributed by atoms with E-state index < -0.39 is 0 Å². The van der Waals surface area contributed by atoms with Crippen molar-refractivity contribution in [3.8, 4) is 5.75 Å². The Morgan fingerprint density at radius 3 is 2.54 bits per heavy atom. The smallest absolute Gasteiger partial charge is 0.275 e. The van der Waals surface area contributed by atoms with Gasteiger partial charge in [-0.1, -0.05) is 51.2 Å². The average Bonchev–Trinajstić information content (AvgIpc) is 2.96. The van der Waals surface area contributed by atoms with Crippen LogP contribution in [0, 0.1) is 0 Å². The average molecular weight is 343 g/mol. The van der Waals surface area contributed by atoms with Crippen LogP contribution in [0.2, 0.25) is 0 Å². The Balaban J connectivity index is 1.77. The molecule has 0 unspecified atom stereocenters. The second kappa shape index (κ2) is 6.36. The predicted octanol–water partition coefficient (Wildman–Crippen LogP) is 3.59. The number of hydrogen-bond acceptors (Lipinski definition) is 5. The van der Waals surface area contributed by atoms with E-state index in [9.17, 15) is 4.79 Å². The van der Waals surface area contributed by atoms with Gasteiger partial charge in [-0.15, -0.1) is 0 Å². The Morgan fingerprint density at radius 1 is 1.21 bits per heavy atom. The molecule has 0 aliphatic heterocycles. The third-order valence-electron chi connectivity index (χ3n) is 3.75. The van der Waals surface area contributed by atoms with Crippen LogP contribution in [0.4, 0.5) is 0 Å². The van der Waals surface area contributed by atoms with Crippen molar-refractivity contribution >= 4 is 16.3 Å². The van der Waals surface area contributed by atoms with E-state index in [2.05, 4.69) is 43.0 Å². The molecule has 5 nitrogen and oxygen atoms in total. The van der Waals surface area contributed by atoms with Gasteiger partial charge < -0.3 is 4.74 Å². The number of benzene rings is 1. The van der Waals surface area contributed by atoms with Crippen LogP contribution in [0.5, 0.6) is 5.75 Å². The highest BCUT2D eigenvalue weighted by Gasteiger charge is 2.13. The maximum absolute atomic E-state index is 12.1. The van der Waals surface area contributed by atoms with Gasteiger partial charge >= 0.3 is 0 Å². The van der Waals surface area contributed by atoms with Crippen LogP contribution in [-0.4, -0.2) is 14.6 Å². The molecule has 0 bridgehead atoms. The number of ether oxygens (including phenoxy) is 1. The lowest BCUT2D eigenvalue weighted by Crippen LogP contribution is -2.16. The van der Waals surface area contributed by atoms with Crippen LogP contribution >= 0.6 is 11.3 Å². The molecular weight excluding hydrogens is 322 g/mol. The molecule has 0 saturated heterocycles. The first kappa shape index (κ1) is 16.6. The summed E-state index contributed by atoms with van der Waals surface area (Å²) in [4.78, 5) is 17.2. The number of rotatable bonds is 4. The van der Waals surface area contributed by atoms with Gasteiger partial charge in [0.2, 0.25) is 4.96 Å². The minimum absolute atomic E-state index is 0.114. The summed E-state index contributed by atoms with van der Waals surface area (Å²) in [5, 5.41) is 5.14. The Morgan fingerprint density at radius 2 is 1.92 bits per heavy atom. The Kier molecular flexibility index (Phi) is 4.41. The largest absolute Gasteiger partial charge is 0.487 e. The lowest BCUT2D eigenvalue weighted by atomic mass is 9.87. The van der Waals surface area contributed by atoms with Crippen molar-refractivity contribution in [1.29, 1.82) is 0 Å². The van der Waals surface area contributed by atoms with E-state index in [-0.39, 0.29) is 17.6 Å². The van der Waals surface area contributed by atoms with Crippen LogP contribution in [0.15, 0.2) is 35.1 Å². The predicted molar refractivity (Wildman–Crippen MR) is 96.0 cm³/mol. The highest BCUT2D eigenvalue weighted by molar-refractivity contribution is 7.16. The number of nitrogens with zero attached hydrogens (tertiary/aromatic N) is 3. The summed E-state index contributed by atoms with van der Waals surface area (Å²) in [6.07, 6.45) is 0.791. The van der Waals surface area contributed by atoms with Gasteiger partial charge in [-0.3, -0.25) is 4.79 Å². The molecule has 0 aliphatic rings. The van der Waals surface area contributed by atoms with Crippen molar-refractivity contribution in [1.82, 2.24) is 14.6 Å². The van der Waals surface area contributed by atoms with Gasteiger partial charge in [0.15, 0.2) is 0 Å². The van der Waals surface area contributed by atoms with Crippen LogP contribution in [0.25, 0.3) is 4.96 Å². The highest BCUT2D eigenvalue weighted by Crippen LogP contribution is 2.24. The number of fused-ring (bicyclic) bond motifs is 1. The minimum atomic E-state index is -0.169. The standard InChI is InChI=1S/C18H21N3O2S/c1-5-15-20-21-16(22)10-13(19-17(21)24-15)11-23-14-8-6-12(7-9-14)18(2,3)4/h6-10H,5,11H2,1-4H3. The first-order chi connectivity index (χ1) is 11.4. The molecule has 0 atom stereocenters. The van der Waals surface area contributed by atoms with E-state index in [0.717, 1.165) is 17.2 Å². The summed E-state index contributed by atoms with van der Waals surface area (Å²) in [6, 6.07) is 9.52. The van der Waals surface area contributed by atoms with Gasteiger partial charge in [-0.05, 0) is 29.5 Å². The molecule has 0 aliphatic carbocycles. The number of aryl methyl sites for hydroxylation is 1. The number of hydrogen-bond donors (Lipinski definition) is 0. The minimum Gasteiger partial charge on any atom is -0.487 e. The molecular formula is C18H21N3O2S. The third kappa shape index (κ3) is 3.48. The molecule has 3 rings (SSSR count). The van der Waals surface area contributed by atoms with Crippen LogP contribution in [-0.2, 0) is 18.4 Å². The molecule has 0 saturated carbocycles. The topological polar surface area (TPSA) is 56.5 Å². The quantitative estimate of drug-likeness (QED) is 0.726. The second-order valence-corrected chi connectivity index (χ2v) is 7.73. The van der Waals surface area contributed by atoms with Crippen molar-refractivity contribution in [2.45, 2.75) is 46.1 Å². The second-order valence-electron chi connectivity index (χ2n) is 6.69. The Hall–Kier alpha value is -2.21. The Bertz CT molecular complexity index is 905. The first-order valence-electron chi connectivity index (χ1n) is 7.99. The molecule has 126 valence electrons. The van der Waals surface area contributed by atoms with E-state index >= 15 is 0 Å². The molecule has 3 aromatic rings. The molecule has 0 amide bonds. The van der Waals surface area contributed by atoms with Gasteiger partial charge in [-0.2, -0.15) is 9.61 Å². The van der Waals surface area contributed by atoms with E-state index in [1.807, 2.05) is 19.1 Å². The van der Waals surface area contributed by atoms with Gasteiger partial charge in [0.05, 0.1) is 5.69 Å². The molecule has 2 heterocycles. The zero-order valence-corrected chi connectivity index (χ0v) is 15.2. The van der Waals surface area contributed by atoms with Gasteiger partial charge in [-0.25, -0.2) is 4.98 Å². The van der Waals surface area contributed by atoms with Crippen molar-refractivity contribution in [3.05, 3.63) is 57.0 Å². The maximum atomic E-state index is 12.1. The van der Waals surface area contributed by atoms with Crippen LogP contribution in [0.1, 0.15) is 44.0 Å². The summed E-state index contributed by atoms with van der Waals surface area (Å²) in [5.41, 5.74) is 1.82. The van der Waals surface area contributed by atoms with E-state index in [0.29, 0.717) is 10.7 Å². The summed E-state index contributed by atoms with van der Waals surface area (Å²) in [7, 11) is 0. The third-order valence-corrected chi connectivity index (χ3v) is 4.80. The lowest BCUT2D eigenvalue weighted by Gasteiger charge is -2.19. The van der Waals surface area contributed by atoms with Gasteiger partial charge in [0.1, 0.15) is 17.4 Å². The van der Waals surface area contributed by atoms with Crippen LogP contribution < -0.4 is 10.3 Å². The van der Waals surface area contributed by atoms with Crippen LogP contribution in [0.3, 0.4) is 0 Å². The van der Waals surface area contributed by atoms with Crippen molar-refractivity contribution < 1.29 is 4.74 Å². The lowest BCUT2D eigenvalue weighted by molar-refractivity contribution is 0.301.